The Morgan fingerprint density at radius 1 is 1.08 bits per heavy atom. The molecule has 8 heteroatoms. The zero-order chi connectivity index (χ0) is 26.3. The summed E-state index contributed by atoms with van der Waals surface area (Å²) < 4.78 is 29.7. The molecule has 3 aromatic rings. The zero-order valence-corrected chi connectivity index (χ0v) is 23.5. The van der Waals surface area contributed by atoms with Crippen LogP contribution in [-0.4, -0.2) is 27.3 Å². The zero-order valence-electron chi connectivity index (χ0n) is 21.9. The third kappa shape index (κ3) is 7.43. The lowest BCUT2D eigenvalue weighted by atomic mass is 9.85. The molecule has 1 aromatic heterocycles. The number of hydrogen-bond acceptors (Lipinski definition) is 6. The lowest BCUT2D eigenvalue weighted by Gasteiger charge is -2.25. The Hall–Kier alpha value is -2.68. The highest BCUT2D eigenvalue weighted by atomic mass is 32.2. The summed E-state index contributed by atoms with van der Waals surface area (Å²) in [5, 5.41) is 7.60. The molecule has 4 rings (SSSR count). The van der Waals surface area contributed by atoms with Crippen molar-refractivity contribution < 1.29 is 13.3 Å². The molecule has 0 aliphatic heterocycles. The monoisotopic (exact) mass is 539 g/mol. The van der Waals surface area contributed by atoms with Gasteiger partial charge in [-0.05, 0) is 67.1 Å². The highest BCUT2D eigenvalue weighted by Gasteiger charge is 2.20. The smallest absolute Gasteiger partial charge is 0.271 e. The summed E-state index contributed by atoms with van der Waals surface area (Å²) in [6, 6.07) is 19.4. The van der Waals surface area contributed by atoms with Gasteiger partial charge < -0.3 is 10.2 Å². The Morgan fingerprint density at radius 2 is 1.86 bits per heavy atom. The quantitative estimate of drug-likeness (QED) is 0.202. The van der Waals surface area contributed by atoms with E-state index in [1.807, 2.05) is 61.5 Å². The van der Waals surface area contributed by atoms with Crippen LogP contribution >= 0.6 is 11.3 Å². The molecule has 2 N–H and O–H groups in total. The molecule has 1 saturated carbocycles. The fraction of sp³-hybridized carbons (Fsp3) is 0.414. The number of rotatable bonds is 11. The van der Waals surface area contributed by atoms with E-state index in [4.69, 9.17) is 4.84 Å². The molecule has 0 radical (unpaired) electrons. The van der Waals surface area contributed by atoms with Gasteiger partial charge in [-0.1, -0.05) is 73.7 Å². The van der Waals surface area contributed by atoms with Crippen LogP contribution in [-0.2, 0) is 21.4 Å². The van der Waals surface area contributed by atoms with Gasteiger partial charge in [0.2, 0.25) is 0 Å². The van der Waals surface area contributed by atoms with Gasteiger partial charge in [-0.3, -0.25) is 4.72 Å². The number of para-hydroxylation sites is 1. The Morgan fingerprint density at radius 3 is 2.65 bits per heavy atom. The molecule has 198 valence electrons. The number of anilines is 1. The maximum Gasteiger partial charge on any atom is 0.271 e. The van der Waals surface area contributed by atoms with Crippen LogP contribution in [0.15, 0.2) is 70.0 Å². The van der Waals surface area contributed by atoms with E-state index in [1.165, 1.54) is 57.0 Å². The van der Waals surface area contributed by atoms with Crippen LogP contribution in [0.2, 0.25) is 0 Å². The van der Waals surface area contributed by atoms with Crippen molar-refractivity contribution in [3.63, 3.8) is 0 Å². The third-order valence-corrected chi connectivity index (χ3v) is 9.95. The predicted molar refractivity (Wildman–Crippen MR) is 154 cm³/mol. The van der Waals surface area contributed by atoms with E-state index in [9.17, 15) is 8.42 Å². The molecule has 1 aliphatic carbocycles. The van der Waals surface area contributed by atoms with Gasteiger partial charge in [0.15, 0.2) is 0 Å². The first kappa shape index (κ1) is 27.4. The van der Waals surface area contributed by atoms with Crippen molar-refractivity contribution >= 4 is 32.8 Å². The van der Waals surface area contributed by atoms with E-state index in [-0.39, 0.29) is 4.21 Å². The number of nitrogens with zero attached hydrogens (tertiary/aromatic N) is 1. The van der Waals surface area contributed by atoms with Crippen molar-refractivity contribution in [3.8, 4) is 10.4 Å². The van der Waals surface area contributed by atoms with Gasteiger partial charge in [0.25, 0.3) is 10.0 Å². The molecule has 0 bridgehead atoms. The first-order valence-corrected chi connectivity index (χ1v) is 15.3. The molecule has 1 aliphatic rings. The minimum absolute atomic E-state index is 0.281. The summed E-state index contributed by atoms with van der Waals surface area (Å²) >= 11 is 1.25. The molecule has 0 amide bonds. The summed E-state index contributed by atoms with van der Waals surface area (Å²) in [7, 11) is -2.21. The molecule has 0 unspecified atom stereocenters. The Kier molecular flexibility index (Phi) is 9.40. The molecule has 37 heavy (non-hydrogen) atoms. The number of benzene rings is 2. The maximum absolute atomic E-state index is 13.3. The van der Waals surface area contributed by atoms with Crippen molar-refractivity contribution in [3.05, 3.63) is 71.8 Å². The minimum atomic E-state index is -3.72. The minimum Gasteiger partial charge on any atom is -0.399 e. The molecule has 0 spiro atoms. The molecule has 1 fully saturated rings. The normalized spacial score (nSPS) is 15.9. The molecule has 1 atom stereocenters. The third-order valence-electron chi connectivity index (χ3n) is 6.95. The first-order chi connectivity index (χ1) is 17.9. The number of thiophene rings is 1. The summed E-state index contributed by atoms with van der Waals surface area (Å²) in [5.41, 5.74) is 4.18. The lowest BCUT2D eigenvalue weighted by Crippen LogP contribution is -2.29. The number of oxime groups is 1. The highest BCUT2D eigenvalue weighted by Crippen LogP contribution is 2.33. The summed E-state index contributed by atoms with van der Waals surface area (Å²) in [6.45, 7) is 4.73. The van der Waals surface area contributed by atoms with Gasteiger partial charge in [-0.2, -0.15) is 0 Å². The Balaban J connectivity index is 1.44. The first-order valence-electron chi connectivity index (χ1n) is 13.0. The van der Waals surface area contributed by atoms with Crippen LogP contribution in [0.25, 0.3) is 10.4 Å². The van der Waals surface area contributed by atoms with Crippen LogP contribution < -0.4 is 10.0 Å². The Bertz CT molecular complexity index is 1310. The van der Waals surface area contributed by atoms with Gasteiger partial charge in [0.1, 0.15) is 11.3 Å². The summed E-state index contributed by atoms with van der Waals surface area (Å²) in [5.74, 6) is 0.801. The molecule has 1 heterocycles. The van der Waals surface area contributed by atoms with Gasteiger partial charge in [0, 0.05) is 17.5 Å². The molecule has 0 saturated heterocycles. The number of nitrogens with one attached hydrogen (secondary N) is 2. The van der Waals surface area contributed by atoms with Gasteiger partial charge in [-0.25, -0.2) is 8.42 Å². The largest absolute Gasteiger partial charge is 0.399 e. The lowest BCUT2D eigenvalue weighted by molar-refractivity contribution is 0.213. The predicted octanol–water partition coefficient (Wildman–Crippen LogP) is 7.03. The average Bonchev–Trinajstić information content (AvgIpc) is 3.41. The van der Waals surface area contributed by atoms with E-state index in [0.717, 1.165) is 33.2 Å². The topological polar surface area (TPSA) is 79.8 Å². The van der Waals surface area contributed by atoms with Crippen LogP contribution in [0.1, 0.15) is 63.5 Å². The fourth-order valence-corrected chi connectivity index (χ4v) is 7.37. The van der Waals surface area contributed by atoms with Crippen molar-refractivity contribution in [1.29, 1.82) is 0 Å². The van der Waals surface area contributed by atoms with Crippen LogP contribution in [0, 0.1) is 5.92 Å². The molecule has 6 nitrogen and oxygen atoms in total. The van der Waals surface area contributed by atoms with Gasteiger partial charge in [0.05, 0.1) is 11.4 Å². The SMILES string of the molecule is CON=C(C)c1cccc(-c2ccc(S(=O)(=O)Nc3ccccc3CN[C@@H](C)CC3CCCCC3)s2)c1. The molecular formula is C29H37N3O3S2. The second-order valence-corrected chi connectivity index (χ2v) is 12.8. The van der Waals surface area contributed by atoms with E-state index in [1.54, 1.807) is 6.07 Å². The van der Waals surface area contributed by atoms with Gasteiger partial charge in [-0.15, -0.1) is 11.3 Å². The van der Waals surface area contributed by atoms with Crippen molar-refractivity contribution in [2.45, 2.75) is 69.2 Å². The van der Waals surface area contributed by atoms with E-state index in [2.05, 4.69) is 22.1 Å². The second-order valence-electron chi connectivity index (χ2n) is 9.84. The summed E-state index contributed by atoms with van der Waals surface area (Å²) in [6.07, 6.45) is 7.89. The number of hydrogen-bond donors (Lipinski definition) is 2. The molecular weight excluding hydrogens is 502 g/mol. The van der Waals surface area contributed by atoms with Crippen molar-refractivity contribution in [2.75, 3.05) is 11.8 Å². The second kappa shape index (κ2) is 12.7. The standard InChI is InChI=1S/C29H37N3O3S2/c1-21(18-23-10-5-4-6-11-23)30-20-26-12-7-8-15-27(26)32-37(33,34)29-17-16-28(36-29)25-14-9-13-24(19-25)22(2)31-35-3/h7-9,12-17,19,21,23,30,32H,4-6,10-11,18,20H2,1-3H3/t21-/m0/s1. The number of sulfonamides is 1. The van der Waals surface area contributed by atoms with E-state index in [0.29, 0.717) is 18.3 Å². The maximum atomic E-state index is 13.3. The average molecular weight is 540 g/mol. The molecule has 2 aromatic carbocycles. The van der Waals surface area contributed by atoms with Crippen molar-refractivity contribution in [2.24, 2.45) is 11.1 Å². The van der Waals surface area contributed by atoms with Crippen LogP contribution in [0.3, 0.4) is 0 Å². The van der Waals surface area contributed by atoms with E-state index >= 15 is 0 Å². The highest BCUT2D eigenvalue weighted by molar-refractivity contribution is 7.94. The van der Waals surface area contributed by atoms with Crippen LogP contribution in [0.4, 0.5) is 5.69 Å². The van der Waals surface area contributed by atoms with E-state index < -0.39 is 10.0 Å². The summed E-state index contributed by atoms with van der Waals surface area (Å²) in [4.78, 5) is 5.76. The van der Waals surface area contributed by atoms with Crippen LogP contribution in [0.5, 0.6) is 0 Å². The van der Waals surface area contributed by atoms with Gasteiger partial charge >= 0.3 is 0 Å². The van der Waals surface area contributed by atoms with Crippen molar-refractivity contribution in [1.82, 2.24) is 5.32 Å². The Labute approximate surface area is 225 Å². The fourth-order valence-electron chi connectivity index (χ4n) is 4.97.